The van der Waals surface area contributed by atoms with Crippen LogP contribution in [-0.2, 0) is 12.8 Å². The predicted octanol–water partition coefficient (Wildman–Crippen LogP) is 4.24. The molecule has 1 fully saturated rings. The fraction of sp³-hybridized carbons (Fsp3) is 0.619. The third-order valence-electron chi connectivity index (χ3n) is 5.04. The lowest BCUT2D eigenvalue weighted by atomic mass is 10.1. The average molecular weight is 532 g/mol. The predicted molar refractivity (Wildman–Crippen MR) is 131 cm³/mol. The Kier molecular flexibility index (Phi) is 11.0. The lowest BCUT2D eigenvalue weighted by molar-refractivity contribution is 0.150. The molecule has 0 saturated carbocycles. The lowest BCUT2D eigenvalue weighted by Crippen LogP contribution is -2.40. The summed E-state index contributed by atoms with van der Waals surface area (Å²) in [5.41, 5.74) is 1.16. The van der Waals surface area contributed by atoms with Crippen molar-refractivity contribution in [3.05, 3.63) is 40.2 Å². The summed E-state index contributed by atoms with van der Waals surface area (Å²) in [6.07, 6.45) is 7.52. The number of thiazole rings is 1. The highest BCUT2D eigenvalue weighted by Gasteiger charge is 2.24. The minimum absolute atomic E-state index is 0. The molecule has 0 amide bonds. The Hall–Kier alpha value is -1.13. The number of nitrogens with zero attached hydrogens (tertiary/aromatic N) is 3. The van der Waals surface area contributed by atoms with Crippen LogP contribution < -0.4 is 10.6 Å². The lowest BCUT2D eigenvalue weighted by Gasteiger charge is -2.32. The Bertz CT molecular complexity index is 712. The highest BCUT2D eigenvalue weighted by molar-refractivity contribution is 14.0. The van der Waals surface area contributed by atoms with Crippen LogP contribution in [0.25, 0.3) is 0 Å². The second-order valence-electron chi connectivity index (χ2n) is 7.11. The number of aryl methyl sites for hydroxylation is 1. The normalized spacial score (nSPS) is 16.3. The summed E-state index contributed by atoms with van der Waals surface area (Å²) < 4.78 is 5.73. The molecule has 2 aromatic rings. The number of piperidine rings is 1. The zero-order chi connectivity index (χ0) is 19.6. The average Bonchev–Trinajstić information content (AvgIpc) is 3.41. The van der Waals surface area contributed by atoms with Crippen molar-refractivity contribution in [1.29, 1.82) is 0 Å². The molecule has 0 radical (unpaired) electrons. The number of guanidine groups is 1. The molecule has 6 nitrogen and oxygen atoms in total. The molecular formula is C21H34IN5OS. The van der Waals surface area contributed by atoms with Gasteiger partial charge in [0.2, 0.25) is 0 Å². The van der Waals surface area contributed by atoms with Gasteiger partial charge in [-0.1, -0.05) is 13.3 Å². The minimum atomic E-state index is 0. The van der Waals surface area contributed by atoms with E-state index in [1.807, 2.05) is 6.07 Å². The standard InChI is InChI=1S/C21H33N5OS.HI/c1-3-20-25-17(16-28-20)10-11-23-21(22-4-2)24-15-18(19-9-8-14-27-19)26-12-6-5-7-13-26;/h8-9,14,16,18H,3-7,10-13,15H2,1-2H3,(H2,22,23,24);1H. The van der Waals surface area contributed by atoms with Crippen LogP contribution in [0.4, 0.5) is 0 Å². The highest BCUT2D eigenvalue weighted by Crippen LogP contribution is 2.25. The van der Waals surface area contributed by atoms with Gasteiger partial charge in [-0.2, -0.15) is 0 Å². The second-order valence-corrected chi connectivity index (χ2v) is 8.05. The summed E-state index contributed by atoms with van der Waals surface area (Å²) in [5, 5.41) is 10.2. The fourth-order valence-corrected chi connectivity index (χ4v) is 4.33. The summed E-state index contributed by atoms with van der Waals surface area (Å²) in [5.74, 6) is 1.87. The summed E-state index contributed by atoms with van der Waals surface area (Å²) in [4.78, 5) is 12.0. The van der Waals surface area contributed by atoms with Gasteiger partial charge in [0, 0.05) is 24.9 Å². The monoisotopic (exact) mass is 531 g/mol. The number of aliphatic imine (C=N–C) groups is 1. The molecule has 1 aliphatic heterocycles. The van der Waals surface area contributed by atoms with Crippen molar-refractivity contribution in [3.8, 4) is 0 Å². The van der Waals surface area contributed by atoms with Gasteiger partial charge in [-0.15, -0.1) is 35.3 Å². The smallest absolute Gasteiger partial charge is 0.191 e. The van der Waals surface area contributed by atoms with E-state index in [1.54, 1.807) is 17.6 Å². The minimum Gasteiger partial charge on any atom is -0.468 e. The molecule has 1 atom stereocenters. The van der Waals surface area contributed by atoms with Gasteiger partial charge in [-0.05, 0) is 51.4 Å². The van der Waals surface area contributed by atoms with Crippen molar-refractivity contribution >= 4 is 41.3 Å². The third-order valence-corrected chi connectivity index (χ3v) is 6.09. The molecule has 8 heteroatoms. The van der Waals surface area contributed by atoms with Gasteiger partial charge in [-0.3, -0.25) is 9.89 Å². The van der Waals surface area contributed by atoms with E-state index in [2.05, 4.69) is 45.8 Å². The van der Waals surface area contributed by atoms with E-state index in [4.69, 9.17) is 9.41 Å². The molecule has 2 N–H and O–H groups in total. The van der Waals surface area contributed by atoms with Crippen LogP contribution in [0.5, 0.6) is 0 Å². The first-order valence-corrected chi connectivity index (χ1v) is 11.4. The number of hydrogen-bond acceptors (Lipinski definition) is 5. The quantitative estimate of drug-likeness (QED) is 0.288. The van der Waals surface area contributed by atoms with Gasteiger partial charge in [0.1, 0.15) is 5.76 Å². The van der Waals surface area contributed by atoms with E-state index in [-0.39, 0.29) is 30.0 Å². The maximum absolute atomic E-state index is 5.73. The molecular weight excluding hydrogens is 497 g/mol. The maximum atomic E-state index is 5.73. The van der Waals surface area contributed by atoms with E-state index in [0.717, 1.165) is 56.4 Å². The van der Waals surface area contributed by atoms with Crippen LogP contribution in [0.3, 0.4) is 0 Å². The van der Waals surface area contributed by atoms with Gasteiger partial charge in [-0.25, -0.2) is 4.98 Å². The summed E-state index contributed by atoms with van der Waals surface area (Å²) in [7, 11) is 0. The number of halogens is 1. The zero-order valence-electron chi connectivity index (χ0n) is 17.5. The third kappa shape index (κ3) is 7.57. The molecule has 29 heavy (non-hydrogen) atoms. The Labute approximate surface area is 195 Å². The number of aromatic nitrogens is 1. The molecule has 0 aromatic carbocycles. The molecule has 1 saturated heterocycles. The van der Waals surface area contributed by atoms with E-state index in [9.17, 15) is 0 Å². The largest absolute Gasteiger partial charge is 0.468 e. The summed E-state index contributed by atoms with van der Waals surface area (Å²) in [6.45, 7) is 8.85. The topological polar surface area (TPSA) is 65.7 Å². The molecule has 0 aliphatic carbocycles. The Balaban J connectivity index is 0.00000300. The van der Waals surface area contributed by atoms with E-state index in [1.165, 1.54) is 24.3 Å². The van der Waals surface area contributed by atoms with Crippen LogP contribution in [0.15, 0.2) is 33.2 Å². The van der Waals surface area contributed by atoms with Crippen LogP contribution >= 0.6 is 35.3 Å². The molecule has 0 spiro atoms. The van der Waals surface area contributed by atoms with E-state index >= 15 is 0 Å². The van der Waals surface area contributed by atoms with E-state index < -0.39 is 0 Å². The first-order chi connectivity index (χ1) is 13.8. The number of likely N-dealkylation sites (tertiary alicyclic amines) is 1. The van der Waals surface area contributed by atoms with Gasteiger partial charge in [0.15, 0.2) is 5.96 Å². The van der Waals surface area contributed by atoms with Crippen molar-refractivity contribution < 1.29 is 4.42 Å². The van der Waals surface area contributed by atoms with Crippen LogP contribution in [0.2, 0.25) is 0 Å². The number of furan rings is 1. The first-order valence-electron chi connectivity index (χ1n) is 10.5. The fourth-order valence-electron chi connectivity index (χ4n) is 3.55. The molecule has 1 unspecified atom stereocenters. The first kappa shape index (κ1) is 24.1. The molecule has 1 aliphatic rings. The van der Waals surface area contributed by atoms with Crippen molar-refractivity contribution in [2.75, 3.05) is 32.7 Å². The van der Waals surface area contributed by atoms with Crippen LogP contribution in [-0.4, -0.2) is 48.6 Å². The van der Waals surface area contributed by atoms with Crippen molar-refractivity contribution in [2.45, 2.75) is 52.0 Å². The summed E-state index contributed by atoms with van der Waals surface area (Å²) in [6, 6.07) is 4.25. The number of rotatable bonds is 9. The second kappa shape index (κ2) is 13.2. The Morgan fingerprint density at radius 2 is 2.10 bits per heavy atom. The van der Waals surface area contributed by atoms with Crippen LogP contribution in [0, 0.1) is 0 Å². The van der Waals surface area contributed by atoms with Gasteiger partial charge in [0.25, 0.3) is 0 Å². The van der Waals surface area contributed by atoms with Gasteiger partial charge >= 0.3 is 0 Å². The highest BCUT2D eigenvalue weighted by atomic mass is 127. The number of hydrogen-bond donors (Lipinski definition) is 2. The van der Waals surface area contributed by atoms with Crippen molar-refractivity contribution in [2.24, 2.45) is 4.99 Å². The van der Waals surface area contributed by atoms with Crippen molar-refractivity contribution in [1.82, 2.24) is 20.5 Å². The zero-order valence-corrected chi connectivity index (χ0v) is 20.7. The Morgan fingerprint density at radius 3 is 2.76 bits per heavy atom. The molecule has 0 bridgehead atoms. The SMILES string of the molecule is CCNC(=NCC(c1ccco1)N1CCCCC1)NCCc1csc(CC)n1.I. The Morgan fingerprint density at radius 1 is 1.28 bits per heavy atom. The molecule has 2 aromatic heterocycles. The van der Waals surface area contributed by atoms with Crippen LogP contribution in [0.1, 0.15) is 55.6 Å². The molecule has 3 rings (SSSR count). The van der Waals surface area contributed by atoms with Crippen molar-refractivity contribution in [3.63, 3.8) is 0 Å². The maximum Gasteiger partial charge on any atom is 0.191 e. The molecule has 162 valence electrons. The van der Waals surface area contributed by atoms with Gasteiger partial charge in [0.05, 0.1) is 29.6 Å². The molecule has 3 heterocycles. The summed E-state index contributed by atoms with van der Waals surface area (Å²) >= 11 is 1.75. The van der Waals surface area contributed by atoms with Gasteiger partial charge < -0.3 is 15.1 Å². The van der Waals surface area contributed by atoms with E-state index in [0.29, 0.717) is 6.54 Å². The number of nitrogens with one attached hydrogen (secondary N) is 2.